The maximum Gasteiger partial charge on any atom is 0.247 e. The lowest BCUT2D eigenvalue weighted by Crippen LogP contribution is -2.14. The number of rotatable bonds is 6. The number of nitrogens with two attached hydrogens (primary N) is 1. The number of hydrogen-bond acceptors (Lipinski definition) is 5. The van der Waals surface area contributed by atoms with E-state index in [-0.39, 0.29) is 5.91 Å². The van der Waals surface area contributed by atoms with Gasteiger partial charge in [0.2, 0.25) is 11.9 Å². The normalized spacial score (nSPS) is 10.8. The molecule has 0 fully saturated rings. The van der Waals surface area contributed by atoms with Crippen molar-refractivity contribution >= 4 is 34.6 Å². The Bertz CT molecular complexity index is 1410. The molecule has 0 aliphatic carbocycles. The third-order valence-corrected chi connectivity index (χ3v) is 5.25. The molecule has 33 heavy (non-hydrogen) atoms. The van der Waals surface area contributed by atoms with Crippen LogP contribution in [-0.2, 0) is 11.2 Å². The minimum atomic E-state index is -0.0444. The van der Waals surface area contributed by atoms with Crippen LogP contribution in [0.15, 0.2) is 97.2 Å². The van der Waals surface area contributed by atoms with Gasteiger partial charge in [0.15, 0.2) is 5.65 Å². The molecule has 1 amide bonds. The quantitative estimate of drug-likeness (QED) is 0.330. The first-order valence-electron chi connectivity index (χ1n) is 10.6. The molecule has 0 unspecified atom stereocenters. The van der Waals surface area contributed by atoms with Crippen LogP contribution >= 0.6 is 0 Å². The van der Waals surface area contributed by atoms with E-state index in [2.05, 4.69) is 20.7 Å². The zero-order chi connectivity index (χ0) is 22.6. The Morgan fingerprint density at radius 1 is 0.848 bits per heavy atom. The van der Waals surface area contributed by atoms with Gasteiger partial charge in [0, 0.05) is 17.4 Å². The van der Waals surface area contributed by atoms with E-state index < -0.39 is 0 Å². The molecule has 7 heteroatoms. The van der Waals surface area contributed by atoms with Gasteiger partial charge in [-0.2, -0.15) is 4.98 Å². The fourth-order valence-electron chi connectivity index (χ4n) is 3.57. The number of nitrogens with one attached hydrogen (secondary N) is 2. The Morgan fingerprint density at radius 2 is 1.58 bits per heavy atom. The zero-order valence-electron chi connectivity index (χ0n) is 17.8. The summed E-state index contributed by atoms with van der Waals surface area (Å²) in [6.45, 7) is 0. The first-order chi connectivity index (χ1) is 16.1. The van der Waals surface area contributed by atoms with Crippen molar-refractivity contribution in [2.75, 3.05) is 16.4 Å². The Morgan fingerprint density at radius 3 is 2.36 bits per heavy atom. The molecule has 0 saturated carbocycles. The minimum absolute atomic E-state index is 0.0444. The molecule has 0 saturated heterocycles. The summed E-state index contributed by atoms with van der Waals surface area (Å²) in [6.07, 6.45) is 2.27. The van der Waals surface area contributed by atoms with Gasteiger partial charge in [0.25, 0.3) is 0 Å². The Labute approximate surface area is 190 Å². The number of carbonyl (C=O) groups is 1. The Balaban J connectivity index is 1.29. The average Bonchev–Trinajstić information content (AvgIpc) is 3.23. The molecule has 0 atom stereocenters. The van der Waals surface area contributed by atoms with Crippen molar-refractivity contribution < 1.29 is 4.79 Å². The molecule has 3 aromatic carbocycles. The second-order valence-electron chi connectivity index (χ2n) is 7.66. The predicted molar refractivity (Wildman–Crippen MR) is 131 cm³/mol. The van der Waals surface area contributed by atoms with Crippen molar-refractivity contribution in [3.63, 3.8) is 0 Å². The molecule has 4 N–H and O–H groups in total. The number of aromatic nitrogens is 3. The third kappa shape index (κ3) is 4.67. The van der Waals surface area contributed by atoms with Crippen molar-refractivity contribution in [1.82, 2.24) is 14.6 Å². The molecule has 0 bridgehead atoms. The van der Waals surface area contributed by atoms with Gasteiger partial charge in [-0.3, -0.25) is 4.79 Å². The molecule has 2 heterocycles. The van der Waals surface area contributed by atoms with Gasteiger partial charge in [-0.05, 0) is 47.5 Å². The van der Waals surface area contributed by atoms with Crippen LogP contribution in [0.25, 0.3) is 16.8 Å². The van der Waals surface area contributed by atoms with Crippen molar-refractivity contribution in [1.29, 1.82) is 0 Å². The van der Waals surface area contributed by atoms with E-state index in [1.807, 2.05) is 97.2 Å². The van der Waals surface area contributed by atoms with Crippen molar-refractivity contribution in [2.45, 2.75) is 6.42 Å². The number of benzene rings is 3. The van der Waals surface area contributed by atoms with Crippen molar-refractivity contribution in [3.05, 3.63) is 103 Å². The zero-order valence-corrected chi connectivity index (χ0v) is 17.8. The molecule has 0 aliphatic rings. The first kappa shape index (κ1) is 20.3. The number of nitrogens with zero attached hydrogens (tertiary/aromatic N) is 3. The standard InChI is InChI=1S/C26H22N6O/c27-22-8-4-5-9-23(22)29-26-30-24-15-12-20(17-32(24)31-26)19-10-13-21(14-11-19)28-25(33)16-18-6-2-1-3-7-18/h1-15,17H,16,27H2,(H,28,33)(H,29,31). The van der Waals surface area contributed by atoms with E-state index in [0.717, 1.165) is 33.7 Å². The largest absolute Gasteiger partial charge is 0.397 e. The number of nitrogen functional groups attached to an aromatic ring is 1. The fourth-order valence-corrected chi connectivity index (χ4v) is 3.57. The van der Waals surface area contributed by atoms with E-state index in [4.69, 9.17) is 5.73 Å². The summed E-state index contributed by atoms with van der Waals surface area (Å²) in [5.41, 5.74) is 11.8. The summed E-state index contributed by atoms with van der Waals surface area (Å²) in [5, 5.41) is 10.6. The summed E-state index contributed by atoms with van der Waals surface area (Å²) in [5.74, 6) is 0.429. The van der Waals surface area contributed by atoms with E-state index in [1.54, 1.807) is 4.52 Å². The van der Waals surface area contributed by atoms with Crippen LogP contribution in [0.4, 0.5) is 23.0 Å². The van der Waals surface area contributed by atoms with Crippen LogP contribution in [0.1, 0.15) is 5.56 Å². The highest BCUT2D eigenvalue weighted by Crippen LogP contribution is 2.24. The summed E-state index contributed by atoms with van der Waals surface area (Å²) in [4.78, 5) is 16.8. The highest BCUT2D eigenvalue weighted by molar-refractivity contribution is 5.92. The van der Waals surface area contributed by atoms with Gasteiger partial charge in [-0.15, -0.1) is 5.10 Å². The molecule has 0 spiro atoms. The van der Waals surface area contributed by atoms with Gasteiger partial charge < -0.3 is 16.4 Å². The molecule has 2 aromatic heterocycles. The van der Waals surface area contributed by atoms with Crippen LogP contribution in [0.2, 0.25) is 0 Å². The van der Waals surface area contributed by atoms with E-state index in [0.29, 0.717) is 18.1 Å². The molecule has 7 nitrogen and oxygen atoms in total. The number of anilines is 4. The third-order valence-electron chi connectivity index (χ3n) is 5.25. The number of hydrogen-bond donors (Lipinski definition) is 3. The van der Waals surface area contributed by atoms with E-state index in [9.17, 15) is 4.79 Å². The van der Waals surface area contributed by atoms with E-state index >= 15 is 0 Å². The second-order valence-corrected chi connectivity index (χ2v) is 7.66. The van der Waals surface area contributed by atoms with Gasteiger partial charge in [-0.1, -0.05) is 54.6 Å². The van der Waals surface area contributed by atoms with Crippen LogP contribution in [0, 0.1) is 0 Å². The lowest BCUT2D eigenvalue weighted by Gasteiger charge is -2.07. The van der Waals surface area contributed by atoms with Crippen molar-refractivity contribution in [2.24, 2.45) is 0 Å². The summed E-state index contributed by atoms with van der Waals surface area (Å²) >= 11 is 0. The molecule has 0 radical (unpaired) electrons. The first-order valence-corrected chi connectivity index (χ1v) is 10.6. The molecular formula is C26H22N6O. The van der Waals surface area contributed by atoms with Gasteiger partial charge in [0.1, 0.15) is 0 Å². The number of pyridine rings is 1. The molecule has 5 aromatic rings. The molecule has 5 rings (SSSR count). The number of amides is 1. The highest BCUT2D eigenvalue weighted by atomic mass is 16.1. The van der Waals surface area contributed by atoms with Crippen LogP contribution in [-0.4, -0.2) is 20.5 Å². The van der Waals surface area contributed by atoms with Crippen molar-refractivity contribution in [3.8, 4) is 11.1 Å². The fraction of sp³-hybridized carbons (Fsp3) is 0.0385. The lowest BCUT2D eigenvalue weighted by atomic mass is 10.1. The second kappa shape index (κ2) is 8.84. The lowest BCUT2D eigenvalue weighted by molar-refractivity contribution is -0.115. The monoisotopic (exact) mass is 434 g/mol. The topological polar surface area (TPSA) is 97.3 Å². The average molecular weight is 435 g/mol. The van der Waals surface area contributed by atoms with Crippen LogP contribution in [0.3, 0.4) is 0 Å². The SMILES string of the molecule is Nc1ccccc1Nc1nc2ccc(-c3ccc(NC(=O)Cc4ccccc4)cc3)cn2n1. The Kier molecular flexibility index (Phi) is 5.43. The van der Waals surface area contributed by atoms with Gasteiger partial charge in [0.05, 0.1) is 17.8 Å². The van der Waals surface area contributed by atoms with E-state index in [1.165, 1.54) is 0 Å². The summed E-state index contributed by atoms with van der Waals surface area (Å²) in [7, 11) is 0. The molecule has 162 valence electrons. The minimum Gasteiger partial charge on any atom is -0.397 e. The summed E-state index contributed by atoms with van der Waals surface area (Å²) < 4.78 is 1.73. The maximum absolute atomic E-state index is 12.3. The Hall–Kier alpha value is -4.65. The smallest absolute Gasteiger partial charge is 0.247 e. The molecular weight excluding hydrogens is 412 g/mol. The summed E-state index contributed by atoms with van der Waals surface area (Å²) in [6, 6.07) is 28.8. The maximum atomic E-state index is 12.3. The number of fused-ring (bicyclic) bond motifs is 1. The number of carbonyl (C=O) groups excluding carboxylic acids is 1. The van der Waals surface area contributed by atoms with Gasteiger partial charge in [-0.25, -0.2) is 4.52 Å². The van der Waals surface area contributed by atoms with Crippen LogP contribution < -0.4 is 16.4 Å². The van der Waals surface area contributed by atoms with Crippen LogP contribution in [0.5, 0.6) is 0 Å². The predicted octanol–water partition coefficient (Wildman–Crippen LogP) is 4.90. The number of para-hydroxylation sites is 2. The molecule has 0 aliphatic heterocycles. The van der Waals surface area contributed by atoms with Gasteiger partial charge >= 0.3 is 0 Å². The highest BCUT2D eigenvalue weighted by Gasteiger charge is 2.08.